The second kappa shape index (κ2) is 11.6. The molecule has 0 amide bonds. The minimum absolute atomic E-state index is 0.0482. The van der Waals surface area contributed by atoms with Crippen molar-refractivity contribution in [3.63, 3.8) is 0 Å². The lowest BCUT2D eigenvalue weighted by Gasteiger charge is -2.38. The summed E-state index contributed by atoms with van der Waals surface area (Å²) in [6.07, 6.45) is 2.86. The van der Waals surface area contributed by atoms with Gasteiger partial charge in [0.05, 0.1) is 39.4 Å². The molecule has 0 spiro atoms. The largest absolute Gasteiger partial charge is 0.493 e. The number of carbonyl (C=O) groups is 2. The van der Waals surface area contributed by atoms with Crippen LogP contribution in [-0.4, -0.2) is 45.4 Å². The van der Waals surface area contributed by atoms with Crippen molar-refractivity contribution in [2.24, 2.45) is 10.9 Å². The van der Waals surface area contributed by atoms with Crippen LogP contribution >= 0.6 is 0 Å². The molecular weight excluding hydrogens is 470 g/mol. The summed E-state index contributed by atoms with van der Waals surface area (Å²) in [7, 11) is 4.56. The van der Waals surface area contributed by atoms with Crippen molar-refractivity contribution in [3.05, 3.63) is 64.9 Å². The van der Waals surface area contributed by atoms with Crippen molar-refractivity contribution >= 4 is 17.5 Å². The maximum atomic E-state index is 13.9. The summed E-state index contributed by atoms with van der Waals surface area (Å²) in [5.41, 5.74) is 3.59. The molecule has 0 saturated heterocycles. The molecule has 37 heavy (non-hydrogen) atoms. The van der Waals surface area contributed by atoms with Crippen molar-refractivity contribution in [2.75, 3.05) is 27.9 Å². The van der Waals surface area contributed by atoms with Gasteiger partial charge in [-0.2, -0.15) is 0 Å². The number of ketones is 1. The van der Waals surface area contributed by atoms with E-state index in [4.69, 9.17) is 23.9 Å². The average Bonchev–Trinajstić information content (AvgIpc) is 2.91. The van der Waals surface area contributed by atoms with E-state index in [0.717, 1.165) is 29.7 Å². The van der Waals surface area contributed by atoms with E-state index >= 15 is 0 Å². The Kier molecular flexibility index (Phi) is 8.31. The minimum atomic E-state index is -0.551. The smallest absolute Gasteiger partial charge is 0.336 e. The molecule has 0 aromatic heterocycles. The number of fused-ring (bicyclic) bond motifs is 1. The molecule has 2 aromatic carbocycles. The van der Waals surface area contributed by atoms with Gasteiger partial charge in [0, 0.05) is 29.3 Å². The van der Waals surface area contributed by atoms with Crippen LogP contribution in [0.2, 0.25) is 0 Å². The highest BCUT2D eigenvalue weighted by Crippen LogP contribution is 2.48. The quantitative estimate of drug-likeness (QED) is 0.324. The van der Waals surface area contributed by atoms with E-state index in [-0.39, 0.29) is 11.7 Å². The van der Waals surface area contributed by atoms with Crippen LogP contribution in [0.5, 0.6) is 17.2 Å². The van der Waals surface area contributed by atoms with Crippen LogP contribution in [0, 0.1) is 5.92 Å². The number of ether oxygens (including phenoxy) is 4. The number of nitrogens with zero attached hydrogens (tertiary/aromatic N) is 1. The van der Waals surface area contributed by atoms with Crippen molar-refractivity contribution < 1.29 is 28.5 Å². The number of Topliss-reactive ketones (excluding diaryl/α,β-unsaturated/α-hetero) is 1. The van der Waals surface area contributed by atoms with Gasteiger partial charge in [-0.15, -0.1) is 0 Å². The molecule has 1 aliphatic carbocycles. The lowest BCUT2D eigenvalue weighted by atomic mass is 9.66. The van der Waals surface area contributed by atoms with Gasteiger partial charge in [-0.25, -0.2) is 4.79 Å². The third-order valence-electron chi connectivity index (χ3n) is 7.25. The van der Waals surface area contributed by atoms with Gasteiger partial charge in [0.1, 0.15) is 11.5 Å². The van der Waals surface area contributed by atoms with Crippen molar-refractivity contribution in [1.82, 2.24) is 0 Å². The van der Waals surface area contributed by atoms with E-state index in [1.54, 1.807) is 14.2 Å². The molecular formula is C30H35NO6. The van der Waals surface area contributed by atoms with Gasteiger partial charge in [0.15, 0.2) is 11.5 Å². The Hall–Kier alpha value is -3.61. The van der Waals surface area contributed by atoms with Gasteiger partial charge < -0.3 is 18.9 Å². The molecule has 4 rings (SSSR count). The van der Waals surface area contributed by atoms with E-state index < -0.39 is 17.8 Å². The molecule has 7 nitrogen and oxygen atoms in total. The van der Waals surface area contributed by atoms with Crippen LogP contribution in [-0.2, 0) is 14.3 Å². The number of rotatable bonds is 9. The number of esters is 1. The molecule has 1 aliphatic heterocycles. The van der Waals surface area contributed by atoms with Crippen molar-refractivity contribution in [3.8, 4) is 17.2 Å². The molecule has 7 heteroatoms. The Morgan fingerprint density at radius 2 is 1.73 bits per heavy atom. The second-order valence-electron chi connectivity index (χ2n) is 9.47. The number of hydrogen-bond acceptors (Lipinski definition) is 7. The van der Waals surface area contributed by atoms with Crippen molar-refractivity contribution in [1.29, 1.82) is 0 Å². The van der Waals surface area contributed by atoms with Crippen LogP contribution in [0.1, 0.15) is 62.5 Å². The predicted molar refractivity (Wildman–Crippen MR) is 142 cm³/mol. The van der Waals surface area contributed by atoms with Gasteiger partial charge in [0.2, 0.25) is 0 Å². The van der Waals surface area contributed by atoms with Gasteiger partial charge in [-0.3, -0.25) is 9.79 Å². The molecule has 3 atom stereocenters. The summed E-state index contributed by atoms with van der Waals surface area (Å²) in [5, 5.41) is 0. The summed E-state index contributed by atoms with van der Waals surface area (Å²) in [6.45, 7) is 4.49. The highest BCUT2D eigenvalue weighted by atomic mass is 16.5. The molecule has 1 saturated carbocycles. The van der Waals surface area contributed by atoms with E-state index in [2.05, 4.69) is 6.92 Å². The first-order valence-corrected chi connectivity index (χ1v) is 12.8. The van der Waals surface area contributed by atoms with Crippen LogP contribution in [0.3, 0.4) is 0 Å². The molecule has 0 radical (unpaired) electrons. The molecule has 1 heterocycles. The fourth-order valence-electron chi connectivity index (χ4n) is 5.43. The fourth-order valence-corrected chi connectivity index (χ4v) is 5.43. The Morgan fingerprint density at radius 3 is 2.43 bits per heavy atom. The fraction of sp³-hybridized carbons (Fsp3) is 0.433. The first kappa shape index (κ1) is 26.5. The Balaban J connectivity index is 1.76. The minimum Gasteiger partial charge on any atom is -0.493 e. The zero-order valence-corrected chi connectivity index (χ0v) is 22.2. The number of unbranched alkanes of at least 4 members (excludes halogenated alkanes) is 1. The molecule has 0 bridgehead atoms. The van der Waals surface area contributed by atoms with E-state index in [0.29, 0.717) is 48.0 Å². The number of hydrogen-bond donors (Lipinski definition) is 0. The predicted octanol–water partition coefficient (Wildman–Crippen LogP) is 5.63. The molecule has 0 N–H and O–H groups in total. The van der Waals surface area contributed by atoms with Gasteiger partial charge >= 0.3 is 5.97 Å². The Labute approximate surface area is 218 Å². The normalized spacial score (nSPS) is 21.2. The van der Waals surface area contributed by atoms with Gasteiger partial charge in [-0.1, -0.05) is 37.6 Å². The topological polar surface area (TPSA) is 83.4 Å². The first-order chi connectivity index (χ1) is 17.9. The van der Waals surface area contributed by atoms with E-state index in [1.165, 1.54) is 7.11 Å². The van der Waals surface area contributed by atoms with E-state index in [1.807, 2.05) is 49.4 Å². The maximum absolute atomic E-state index is 13.9. The summed E-state index contributed by atoms with van der Waals surface area (Å²) < 4.78 is 22.2. The number of benzene rings is 2. The Bertz CT molecular complexity index is 1230. The van der Waals surface area contributed by atoms with Crippen molar-refractivity contribution in [2.45, 2.75) is 51.4 Å². The highest BCUT2D eigenvalue weighted by Gasteiger charge is 2.46. The maximum Gasteiger partial charge on any atom is 0.336 e. The zero-order chi connectivity index (χ0) is 26.5. The third kappa shape index (κ3) is 5.26. The zero-order valence-electron chi connectivity index (χ0n) is 22.2. The third-order valence-corrected chi connectivity index (χ3v) is 7.25. The highest BCUT2D eigenvalue weighted by molar-refractivity contribution is 6.12. The van der Waals surface area contributed by atoms with Crippen LogP contribution in [0.4, 0.5) is 0 Å². The standard InChI is InChI=1S/C30H35NO6/c1-6-7-14-37-24-11-9-8-10-21(24)28-27(30(33)36-5)18(2)31-22-15-20(16-23(32)29(22)28)19-12-13-25(34-3)26(17-19)35-4/h8-13,17,20,28-29H,6-7,14-16H2,1-5H3/t20-,28+,29?/m0/s1. The monoisotopic (exact) mass is 505 g/mol. The van der Waals surface area contributed by atoms with Crippen LogP contribution < -0.4 is 14.2 Å². The second-order valence-corrected chi connectivity index (χ2v) is 9.47. The number of allylic oxidation sites excluding steroid dienone is 1. The number of methoxy groups -OCH3 is 3. The molecule has 196 valence electrons. The Morgan fingerprint density at radius 1 is 0.973 bits per heavy atom. The average molecular weight is 506 g/mol. The number of carbonyl (C=O) groups excluding carboxylic acids is 2. The van der Waals surface area contributed by atoms with Gasteiger partial charge in [0.25, 0.3) is 0 Å². The lowest BCUT2D eigenvalue weighted by molar-refractivity contribution is -0.136. The molecule has 2 aromatic rings. The van der Waals surface area contributed by atoms with Crippen LogP contribution in [0.15, 0.2) is 58.7 Å². The lowest BCUT2D eigenvalue weighted by Crippen LogP contribution is -2.41. The number of aliphatic imine (C=N–C) groups is 1. The SMILES string of the molecule is CCCCOc1ccccc1[C@@H]1C(C(=O)OC)=C(C)N=C2C[C@H](c3ccc(OC)c(OC)c3)CC(=O)C21. The summed E-state index contributed by atoms with van der Waals surface area (Å²) in [4.78, 5) is 31.7. The summed E-state index contributed by atoms with van der Waals surface area (Å²) in [5.74, 6) is 0.415. The molecule has 1 unspecified atom stereocenters. The summed E-state index contributed by atoms with van der Waals surface area (Å²) in [6, 6.07) is 13.4. The summed E-state index contributed by atoms with van der Waals surface area (Å²) >= 11 is 0. The van der Waals surface area contributed by atoms with E-state index in [9.17, 15) is 9.59 Å². The number of para-hydroxylation sites is 1. The molecule has 2 aliphatic rings. The van der Waals surface area contributed by atoms with Crippen LogP contribution in [0.25, 0.3) is 0 Å². The molecule has 1 fully saturated rings. The van der Waals surface area contributed by atoms with Gasteiger partial charge in [-0.05, 0) is 49.4 Å². The first-order valence-electron chi connectivity index (χ1n) is 12.8.